The normalized spacial score (nSPS) is 14.2. The smallest absolute Gasteiger partial charge is 0.311 e. The molecule has 2 heterocycles. The van der Waals surface area contributed by atoms with Crippen LogP contribution in [0, 0.1) is 5.92 Å². The maximum Gasteiger partial charge on any atom is 0.311 e. The second-order valence-corrected chi connectivity index (χ2v) is 7.59. The van der Waals surface area contributed by atoms with Crippen LogP contribution in [0.2, 0.25) is 0 Å². The molecule has 0 bridgehead atoms. The molecule has 0 radical (unpaired) electrons. The molecule has 0 spiro atoms. The molecule has 1 unspecified atom stereocenters. The molecule has 30 heavy (non-hydrogen) atoms. The van der Waals surface area contributed by atoms with E-state index in [9.17, 15) is 4.79 Å². The van der Waals surface area contributed by atoms with Crippen LogP contribution in [0.4, 0.5) is 0 Å². The first-order valence-electron chi connectivity index (χ1n) is 11.1. The average molecular weight is 414 g/mol. The van der Waals surface area contributed by atoms with E-state index in [1.807, 2.05) is 43.3 Å². The van der Waals surface area contributed by atoms with E-state index in [-0.39, 0.29) is 5.97 Å². The van der Waals surface area contributed by atoms with E-state index in [0.29, 0.717) is 30.6 Å². The van der Waals surface area contributed by atoms with E-state index < -0.39 is 0 Å². The number of ether oxygens (including phenoxy) is 3. The Hall–Kier alpha value is -2.40. The van der Waals surface area contributed by atoms with E-state index >= 15 is 0 Å². The monoisotopic (exact) mass is 413 g/mol. The van der Waals surface area contributed by atoms with Gasteiger partial charge in [-0.15, -0.1) is 0 Å². The van der Waals surface area contributed by atoms with Gasteiger partial charge in [-0.25, -0.2) is 4.98 Å². The Bertz CT molecular complexity index is 747. The number of para-hydroxylation sites is 1. The van der Waals surface area contributed by atoms with Crippen LogP contribution in [0.3, 0.4) is 0 Å². The Morgan fingerprint density at radius 1 is 1.13 bits per heavy atom. The fraction of sp³-hybridized carbons (Fsp3) is 0.520. The largest absolute Gasteiger partial charge is 0.478 e. The van der Waals surface area contributed by atoms with Gasteiger partial charge in [0.1, 0.15) is 5.75 Å². The van der Waals surface area contributed by atoms with Gasteiger partial charge in [0.25, 0.3) is 0 Å². The molecule has 0 aliphatic carbocycles. The summed E-state index contributed by atoms with van der Waals surface area (Å²) in [4.78, 5) is 16.3. The van der Waals surface area contributed by atoms with Crippen molar-refractivity contribution >= 4 is 5.97 Å². The molecular formula is C25H35NO4. The molecular weight excluding hydrogens is 378 g/mol. The molecule has 5 nitrogen and oxygen atoms in total. The highest BCUT2D eigenvalue weighted by Gasteiger charge is 2.13. The third-order valence-electron chi connectivity index (χ3n) is 4.90. The second kappa shape index (κ2) is 13.8. The summed E-state index contributed by atoms with van der Waals surface area (Å²) in [6.45, 7) is 8.80. The van der Waals surface area contributed by atoms with Gasteiger partial charge in [-0.1, -0.05) is 45.4 Å². The fourth-order valence-electron chi connectivity index (χ4n) is 2.94. The molecule has 1 fully saturated rings. The minimum absolute atomic E-state index is 0.201. The number of carbonyl (C=O) groups excluding carboxylic acids is 1. The minimum Gasteiger partial charge on any atom is -0.478 e. The van der Waals surface area contributed by atoms with Crippen LogP contribution >= 0.6 is 0 Å². The SMILES string of the molecule is C1CCOCC1.CCCOc1cc(-c2ccccc2OC(=O)CC(C)CC)ccn1. The summed E-state index contributed by atoms with van der Waals surface area (Å²) in [5, 5.41) is 0. The van der Waals surface area contributed by atoms with Crippen LogP contribution in [0.1, 0.15) is 59.3 Å². The summed E-state index contributed by atoms with van der Waals surface area (Å²) in [6, 6.07) is 11.3. The van der Waals surface area contributed by atoms with Crippen molar-refractivity contribution in [1.29, 1.82) is 0 Å². The van der Waals surface area contributed by atoms with Crippen molar-refractivity contribution in [2.24, 2.45) is 5.92 Å². The lowest BCUT2D eigenvalue weighted by atomic mass is 10.0. The zero-order valence-corrected chi connectivity index (χ0v) is 18.6. The highest BCUT2D eigenvalue weighted by atomic mass is 16.5. The predicted molar refractivity (Wildman–Crippen MR) is 120 cm³/mol. The third-order valence-corrected chi connectivity index (χ3v) is 4.90. The van der Waals surface area contributed by atoms with Crippen molar-refractivity contribution in [3.05, 3.63) is 42.6 Å². The van der Waals surface area contributed by atoms with Crippen molar-refractivity contribution in [1.82, 2.24) is 4.98 Å². The van der Waals surface area contributed by atoms with Crippen molar-refractivity contribution in [2.75, 3.05) is 19.8 Å². The van der Waals surface area contributed by atoms with Gasteiger partial charge in [-0.3, -0.25) is 4.79 Å². The van der Waals surface area contributed by atoms with E-state index in [2.05, 4.69) is 18.8 Å². The van der Waals surface area contributed by atoms with Crippen molar-refractivity contribution in [3.8, 4) is 22.8 Å². The molecule has 3 rings (SSSR count). The molecule has 1 aliphatic heterocycles. The first-order chi connectivity index (χ1) is 14.6. The summed E-state index contributed by atoms with van der Waals surface area (Å²) in [5.74, 6) is 1.27. The molecule has 5 heteroatoms. The lowest BCUT2D eigenvalue weighted by Crippen LogP contribution is -2.12. The quantitative estimate of drug-likeness (QED) is 0.388. The molecule has 164 valence electrons. The van der Waals surface area contributed by atoms with Crippen LogP contribution in [0.25, 0.3) is 11.1 Å². The summed E-state index contributed by atoms with van der Waals surface area (Å²) >= 11 is 0. The Labute approximate surface area is 180 Å². The topological polar surface area (TPSA) is 57.7 Å². The lowest BCUT2D eigenvalue weighted by Gasteiger charge is -2.12. The number of hydrogen-bond acceptors (Lipinski definition) is 5. The molecule has 0 amide bonds. The second-order valence-electron chi connectivity index (χ2n) is 7.59. The summed E-state index contributed by atoms with van der Waals surface area (Å²) in [5.41, 5.74) is 1.78. The highest BCUT2D eigenvalue weighted by molar-refractivity contribution is 5.78. The number of hydrogen-bond donors (Lipinski definition) is 0. The Balaban J connectivity index is 0.000000456. The molecule has 0 saturated carbocycles. The summed E-state index contributed by atoms with van der Waals surface area (Å²) in [7, 11) is 0. The number of esters is 1. The van der Waals surface area contributed by atoms with E-state index in [0.717, 1.165) is 37.2 Å². The predicted octanol–water partition coefficient (Wildman–Crippen LogP) is 6.07. The molecule has 1 atom stereocenters. The molecule has 1 saturated heterocycles. The number of benzene rings is 1. The Morgan fingerprint density at radius 3 is 2.53 bits per heavy atom. The van der Waals surface area contributed by atoms with Gasteiger partial charge < -0.3 is 14.2 Å². The van der Waals surface area contributed by atoms with Crippen molar-refractivity contribution in [2.45, 2.75) is 59.3 Å². The maximum atomic E-state index is 12.1. The number of carbonyl (C=O) groups is 1. The van der Waals surface area contributed by atoms with Crippen LogP contribution in [0.5, 0.6) is 11.6 Å². The van der Waals surface area contributed by atoms with E-state index in [1.54, 1.807) is 6.20 Å². The lowest BCUT2D eigenvalue weighted by molar-refractivity contribution is -0.135. The Morgan fingerprint density at radius 2 is 1.90 bits per heavy atom. The van der Waals surface area contributed by atoms with Gasteiger partial charge in [0, 0.05) is 37.5 Å². The fourth-order valence-corrected chi connectivity index (χ4v) is 2.94. The van der Waals surface area contributed by atoms with Gasteiger partial charge in [0.05, 0.1) is 6.61 Å². The van der Waals surface area contributed by atoms with Crippen LogP contribution < -0.4 is 9.47 Å². The van der Waals surface area contributed by atoms with E-state index in [1.165, 1.54) is 19.3 Å². The molecule has 0 N–H and O–H groups in total. The number of rotatable bonds is 8. The molecule has 2 aromatic rings. The summed E-state index contributed by atoms with van der Waals surface area (Å²) < 4.78 is 16.2. The van der Waals surface area contributed by atoms with Crippen LogP contribution in [-0.4, -0.2) is 30.8 Å². The minimum atomic E-state index is -0.201. The molecule has 1 aromatic carbocycles. The van der Waals surface area contributed by atoms with Crippen LogP contribution in [0.15, 0.2) is 42.6 Å². The van der Waals surface area contributed by atoms with Gasteiger partial charge in [-0.05, 0) is 49.3 Å². The van der Waals surface area contributed by atoms with Gasteiger partial charge >= 0.3 is 5.97 Å². The van der Waals surface area contributed by atoms with E-state index in [4.69, 9.17) is 14.2 Å². The number of nitrogens with zero attached hydrogens (tertiary/aromatic N) is 1. The number of aromatic nitrogens is 1. The standard InChI is InChI=1S/C20H25NO3.C5H10O/c1-4-12-23-19-14-16(10-11-21-19)17-8-6-7-9-18(17)24-20(22)13-15(3)5-2;1-2-4-6-5-3-1/h6-11,14-15H,4-5,12-13H2,1-3H3;1-5H2. The maximum absolute atomic E-state index is 12.1. The summed E-state index contributed by atoms with van der Waals surface area (Å²) in [6.07, 6.45) is 7.94. The van der Waals surface area contributed by atoms with Gasteiger partial charge in [-0.2, -0.15) is 0 Å². The first-order valence-corrected chi connectivity index (χ1v) is 11.1. The van der Waals surface area contributed by atoms with Crippen molar-refractivity contribution < 1.29 is 19.0 Å². The molecule has 1 aliphatic rings. The Kier molecular flexibility index (Phi) is 10.9. The molecule has 1 aromatic heterocycles. The zero-order chi connectivity index (χ0) is 21.6. The van der Waals surface area contributed by atoms with Gasteiger partial charge in [0.15, 0.2) is 0 Å². The third kappa shape index (κ3) is 8.54. The average Bonchev–Trinajstić information content (AvgIpc) is 2.79. The highest BCUT2D eigenvalue weighted by Crippen LogP contribution is 2.31. The van der Waals surface area contributed by atoms with Crippen molar-refractivity contribution in [3.63, 3.8) is 0 Å². The van der Waals surface area contributed by atoms with Crippen LogP contribution in [-0.2, 0) is 9.53 Å². The zero-order valence-electron chi connectivity index (χ0n) is 18.6. The first kappa shape index (κ1) is 23.9. The van der Waals surface area contributed by atoms with Gasteiger partial charge in [0.2, 0.25) is 5.88 Å². The number of pyridine rings is 1.